The molecule has 1 fully saturated rings. The van der Waals surface area contributed by atoms with Crippen LogP contribution in [0.1, 0.15) is 32.1 Å². The van der Waals surface area contributed by atoms with Crippen LogP contribution >= 0.6 is 23.2 Å². The molecule has 1 saturated carbocycles. The fraction of sp³-hybridized carbons (Fsp3) is 0.611. The highest BCUT2D eigenvalue weighted by molar-refractivity contribution is 6.42. The highest BCUT2D eigenvalue weighted by Crippen LogP contribution is 2.33. The quantitative estimate of drug-likeness (QED) is 0.724. The van der Waals surface area contributed by atoms with Crippen molar-refractivity contribution in [3.8, 4) is 0 Å². The van der Waals surface area contributed by atoms with E-state index in [1.54, 1.807) is 19.2 Å². The largest absolute Gasteiger partial charge is 0.375 e. The molecule has 1 aromatic carbocycles. The molecule has 1 aromatic rings. The molecule has 0 saturated heterocycles. The molecule has 2 rings (SSSR count). The van der Waals surface area contributed by atoms with Gasteiger partial charge in [0.05, 0.1) is 16.1 Å². The number of likely N-dealkylation sites (N-methyl/N-ethyl adjacent to an activating group) is 1. The minimum absolute atomic E-state index is 0.0466. The van der Waals surface area contributed by atoms with Gasteiger partial charge >= 0.3 is 0 Å². The molecule has 1 aliphatic carbocycles. The molecular formula is C18H26Cl2N2O2. The van der Waals surface area contributed by atoms with Crippen molar-refractivity contribution >= 4 is 34.8 Å². The fourth-order valence-corrected chi connectivity index (χ4v) is 3.81. The number of methoxy groups -OCH3 is 1. The first-order valence-electron chi connectivity index (χ1n) is 8.38. The van der Waals surface area contributed by atoms with Gasteiger partial charge in [-0.3, -0.25) is 4.79 Å². The lowest BCUT2D eigenvalue weighted by Crippen LogP contribution is -2.52. The summed E-state index contributed by atoms with van der Waals surface area (Å²) in [4.78, 5) is 16.9. The van der Waals surface area contributed by atoms with E-state index in [1.807, 2.05) is 11.0 Å². The number of anilines is 1. The van der Waals surface area contributed by atoms with Crippen molar-refractivity contribution in [1.29, 1.82) is 0 Å². The third-order valence-electron chi connectivity index (χ3n) is 4.66. The van der Waals surface area contributed by atoms with E-state index in [9.17, 15) is 4.79 Å². The SMILES string of the molecule is COCC(=O)N(c1ccc(Cl)c(Cl)c1)C1CCCCCC1N(C)C. The van der Waals surface area contributed by atoms with Gasteiger partial charge in [0, 0.05) is 18.8 Å². The Kier molecular flexibility index (Phi) is 7.35. The maximum Gasteiger partial charge on any atom is 0.253 e. The molecule has 24 heavy (non-hydrogen) atoms. The van der Waals surface area contributed by atoms with Crippen LogP contribution in [0.4, 0.5) is 5.69 Å². The Bertz CT molecular complexity index is 566. The lowest BCUT2D eigenvalue weighted by Gasteiger charge is -2.39. The van der Waals surface area contributed by atoms with E-state index in [0.717, 1.165) is 24.9 Å². The zero-order valence-electron chi connectivity index (χ0n) is 14.6. The normalized spacial score (nSPS) is 21.6. The van der Waals surface area contributed by atoms with Gasteiger partial charge < -0.3 is 14.5 Å². The van der Waals surface area contributed by atoms with Crippen LogP contribution in [0, 0.1) is 0 Å². The van der Waals surface area contributed by atoms with E-state index in [4.69, 9.17) is 27.9 Å². The fourth-order valence-electron chi connectivity index (χ4n) is 3.52. The summed E-state index contributed by atoms with van der Waals surface area (Å²) in [5, 5.41) is 0.948. The standard InChI is InChI=1S/C18H26Cl2N2O2/c1-21(2)16-7-5-4-6-8-17(16)22(18(23)12-24-3)13-9-10-14(19)15(20)11-13/h9-11,16-17H,4-8,12H2,1-3H3. The van der Waals surface area contributed by atoms with Crippen molar-refractivity contribution in [1.82, 2.24) is 4.90 Å². The molecule has 0 radical (unpaired) electrons. The van der Waals surface area contributed by atoms with Crippen molar-refractivity contribution in [2.45, 2.75) is 44.2 Å². The highest BCUT2D eigenvalue weighted by Gasteiger charge is 2.34. The van der Waals surface area contributed by atoms with E-state index in [0.29, 0.717) is 16.1 Å². The molecule has 0 aromatic heterocycles. The Morgan fingerprint density at radius 1 is 1.12 bits per heavy atom. The first-order chi connectivity index (χ1) is 11.5. The van der Waals surface area contributed by atoms with Crippen LogP contribution in [-0.2, 0) is 9.53 Å². The topological polar surface area (TPSA) is 32.8 Å². The molecule has 1 aliphatic rings. The minimum Gasteiger partial charge on any atom is -0.375 e. The van der Waals surface area contributed by atoms with Crippen LogP contribution in [0.5, 0.6) is 0 Å². The smallest absolute Gasteiger partial charge is 0.253 e. The highest BCUT2D eigenvalue weighted by atomic mass is 35.5. The predicted molar refractivity (Wildman–Crippen MR) is 100 cm³/mol. The molecule has 0 aliphatic heterocycles. The van der Waals surface area contributed by atoms with Crippen molar-refractivity contribution in [3.63, 3.8) is 0 Å². The molecule has 6 heteroatoms. The van der Waals surface area contributed by atoms with Crippen LogP contribution in [-0.4, -0.2) is 50.7 Å². The Hall–Kier alpha value is -0.810. The summed E-state index contributed by atoms with van der Waals surface area (Å²) in [6.45, 7) is 0.0525. The van der Waals surface area contributed by atoms with Crippen LogP contribution < -0.4 is 4.90 Å². The second kappa shape index (κ2) is 9.04. The summed E-state index contributed by atoms with van der Waals surface area (Å²) < 4.78 is 5.11. The summed E-state index contributed by atoms with van der Waals surface area (Å²) in [5.41, 5.74) is 0.783. The Morgan fingerprint density at radius 3 is 2.38 bits per heavy atom. The molecule has 0 bridgehead atoms. The van der Waals surface area contributed by atoms with E-state index < -0.39 is 0 Å². The van der Waals surface area contributed by atoms with Gasteiger partial charge in [-0.05, 0) is 45.1 Å². The van der Waals surface area contributed by atoms with Gasteiger partial charge in [-0.2, -0.15) is 0 Å². The second-order valence-electron chi connectivity index (χ2n) is 6.53. The Balaban J connectivity index is 2.43. The second-order valence-corrected chi connectivity index (χ2v) is 7.35. The predicted octanol–water partition coefficient (Wildman–Crippen LogP) is 4.24. The van der Waals surface area contributed by atoms with Gasteiger partial charge in [-0.15, -0.1) is 0 Å². The number of nitrogens with zero attached hydrogens (tertiary/aromatic N) is 2. The number of carbonyl (C=O) groups is 1. The average molecular weight is 373 g/mol. The first kappa shape index (κ1) is 19.5. The van der Waals surface area contributed by atoms with Gasteiger partial charge in [0.2, 0.25) is 0 Å². The van der Waals surface area contributed by atoms with Crippen molar-refractivity contribution in [2.24, 2.45) is 0 Å². The minimum atomic E-state index is -0.0466. The van der Waals surface area contributed by atoms with Crippen LogP contribution in [0.3, 0.4) is 0 Å². The number of carbonyl (C=O) groups excluding carboxylic acids is 1. The number of hydrogen-bond donors (Lipinski definition) is 0. The van der Waals surface area contributed by atoms with E-state index in [2.05, 4.69) is 19.0 Å². The maximum atomic E-state index is 12.8. The van der Waals surface area contributed by atoms with Crippen LogP contribution in [0.15, 0.2) is 18.2 Å². The monoisotopic (exact) mass is 372 g/mol. The van der Waals surface area contributed by atoms with Crippen molar-refractivity contribution in [3.05, 3.63) is 28.2 Å². The summed E-state index contributed by atoms with van der Waals surface area (Å²) in [7, 11) is 5.70. The summed E-state index contributed by atoms with van der Waals surface area (Å²) in [6, 6.07) is 5.78. The van der Waals surface area contributed by atoms with Gasteiger partial charge in [0.1, 0.15) is 6.61 Å². The molecule has 0 N–H and O–H groups in total. The van der Waals surface area contributed by atoms with Crippen molar-refractivity contribution in [2.75, 3.05) is 32.7 Å². The Labute approximate surface area is 154 Å². The molecule has 1 amide bonds. The van der Waals surface area contributed by atoms with Crippen LogP contribution in [0.2, 0.25) is 10.0 Å². The number of amides is 1. The number of ether oxygens (including phenoxy) is 1. The zero-order valence-corrected chi connectivity index (χ0v) is 16.1. The van der Waals surface area contributed by atoms with Gasteiger partial charge in [0.25, 0.3) is 5.91 Å². The molecule has 2 atom stereocenters. The third-order valence-corrected chi connectivity index (χ3v) is 5.40. The van der Waals surface area contributed by atoms with Gasteiger partial charge in [-0.1, -0.05) is 42.5 Å². The average Bonchev–Trinajstić information content (AvgIpc) is 2.77. The van der Waals surface area contributed by atoms with Gasteiger partial charge in [0.15, 0.2) is 0 Å². The molecule has 0 heterocycles. The summed E-state index contributed by atoms with van der Waals surface area (Å²) in [6.07, 6.45) is 5.56. The third kappa shape index (κ3) is 4.63. The number of halogens is 2. The lowest BCUT2D eigenvalue weighted by atomic mass is 9.99. The maximum absolute atomic E-state index is 12.8. The summed E-state index contributed by atoms with van der Waals surface area (Å²) >= 11 is 12.2. The number of rotatable bonds is 5. The van der Waals surface area contributed by atoms with E-state index in [1.165, 1.54) is 12.8 Å². The number of benzene rings is 1. The lowest BCUT2D eigenvalue weighted by molar-refractivity contribution is -0.123. The molecular weight excluding hydrogens is 347 g/mol. The molecule has 4 nitrogen and oxygen atoms in total. The molecule has 2 unspecified atom stereocenters. The van der Waals surface area contributed by atoms with Gasteiger partial charge in [-0.25, -0.2) is 0 Å². The van der Waals surface area contributed by atoms with Crippen LogP contribution in [0.25, 0.3) is 0 Å². The molecule has 0 spiro atoms. The van der Waals surface area contributed by atoms with E-state index in [-0.39, 0.29) is 18.6 Å². The Morgan fingerprint density at radius 2 is 1.79 bits per heavy atom. The van der Waals surface area contributed by atoms with E-state index >= 15 is 0 Å². The first-order valence-corrected chi connectivity index (χ1v) is 9.13. The van der Waals surface area contributed by atoms with Crippen molar-refractivity contribution < 1.29 is 9.53 Å². The summed E-state index contributed by atoms with van der Waals surface area (Å²) in [5.74, 6) is -0.0466. The zero-order chi connectivity index (χ0) is 17.7. The number of hydrogen-bond acceptors (Lipinski definition) is 3. The molecule has 134 valence electrons.